The van der Waals surface area contributed by atoms with Gasteiger partial charge >= 0.3 is 0 Å². The fourth-order valence-electron chi connectivity index (χ4n) is 2.91. The zero-order valence-electron chi connectivity index (χ0n) is 16.6. The highest BCUT2D eigenvalue weighted by Gasteiger charge is 2.29. The number of sulfonamides is 1. The summed E-state index contributed by atoms with van der Waals surface area (Å²) >= 11 is 0. The normalized spacial score (nSPS) is 13.8. The number of likely N-dealkylation sites (N-methyl/N-ethyl adjacent to an activating group) is 1. The van der Waals surface area contributed by atoms with Gasteiger partial charge in [-0.25, -0.2) is 8.42 Å². The number of aryl methyl sites for hydroxylation is 2. The smallest absolute Gasteiger partial charge is 0.241 e. The average Bonchev–Trinajstić information content (AvgIpc) is 2.42. The van der Waals surface area contributed by atoms with Gasteiger partial charge < -0.3 is 5.32 Å². The van der Waals surface area contributed by atoms with Crippen LogP contribution in [-0.4, -0.2) is 27.4 Å². The van der Waals surface area contributed by atoms with Crippen LogP contribution >= 0.6 is 0 Å². The molecule has 0 saturated carbocycles. The van der Waals surface area contributed by atoms with Crippen LogP contribution in [0.3, 0.4) is 0 Å². The van der Waals surface area contributed by atoms with Gasteiger partial charge in [0.1, 0.15) is 6.04 Å². The first kappa shape index (κ1) is 21.6. The zero-order valence-corrected chi connectivity index (χ0v) is 17.5. The first-order valence-corrected chi connectivity index (χ1v) is 10.1. The van der Waals surface area contributed by atoms with Crippen LogP contribution in [-0.2, 0) is 20.2 Å². The molecule has 6 heteroatoms. The number of carbonyl (C=O) groups is 1. The van der Waals surface area contributed by atoms with Crippen LogP contribution in [0.4, 0.5) is 0 Å². The summed E-state index contributed by atoms with van der Waals surface area (Å²) in [7, 11) is -2.28. The molecular formula is C19H32N2O3S. The third kappa shape index (κ3) is 5.54. The van der Waals surface area contributed by atoms with Gasteiger partial charge in [0.25, 0.3) is 0 Å². The summed E-state index contributed by atoms with van der Waals surface area (Å²) in [6.45, 7) is 13.8. The molecule has 142 valence electrons. The Hall–Kier alpha value is -1.40. The Morgan fingerprint density at radius 1 is 1.12 bits per heavy atom. The molecule has 0 bridgehead atoms. The molecule has 0 aliphatic carbocycles. The number of nitrogens with one attached hydrogen (secondary N) is 2. The molecule has 0 radical (unpaired) electrons. The van der Waals surface area contributed by atoms with Crippen molar-refractivity contribution in [1.29, 1.82) is 0 Å². The Labute approximate surface area is 152 Å². The van der Waals surface area contributed by atoms with Gasteiger partial charge in [0.05, 0.1) is 4.90 Å². The third-order valence-corrected chi connectivity index (χ3v) is 5.94. The second kappa shape index (κ2) is 7.87. The Kier molecular flexibility index (Phi) is 6.81. The molecule has 2 N–H and O–H groups in total. The SMILES string of the molecule is CNC(=O)C(CC(C)C)NS(=O)(=O)c1c(C)cc(C(C)(C)C)cc1C. The van der Waals surface area contributed by atoms with Crippen molar-refractivity contribution in [2.45, 2.75) is 71.2 Å². The van der Waals surface area contributed by atoms with E-state index < -0.39 is 16.1 Å². The van der Waals surface area contributed by atoms with Gasteiger partial charge in [0.15, 0.2) is 0 Å². The van der Waals surface area contributed by atoms with Crippen molar-refractivity contribution in [3.05, 3.63) is 28.8 Å². The number of amides is 1. The molecule has 0 fully saturated rings. The van der Waals surface area contributed by atoms with Gasteiger partial charge in [-0.15, -0.1) is 0 Å². The van der Waals surface area contributed by atoms with Crippen molar-refractivity contribution in [3.8, 4) is 0 Å². The number of hydrogen-bond donors (Lipinski definition) is 2. The van der Waals surface area contributed by atoms with Crippen LogP contribution in [0, 0.1) is 19.8 Å². The van der Waals surface area contributed by atoms with Crippen LogP contribution in [0.1, 0.15) is 57.7 Å². The molecule has 0 aliphatic heterocycles. The summed E-state index contributed by atoms with van der Waals surface area (Å²) in [5.41, 5.74) is 2.41. The van der Waals surface area contributed by atoms with Crippen molar-refractivity contribution in [1.82, 2.24) is 10.0 Å². The standard InChI is InChI=1S/C19H32N2O3S/c1-12(2)9-16(18(22)20-8)21-25(23,24)17-13(3)10-15(11-14(17)4)19(5,6)7/h10-12,16,21H,9H2,1-8H3,(H,20,22). The minimum absolute atomic E-state index is 0.0620. The first-order valence-electron chi connectivity index (χ1n) is 8.65. The Morgan fingerprint density at radius 2 is 1.60 bits per heavy atom. The summed E-state index contributed by atoms with van der Waals surface area (Å²) in [5.74, 6) is -0.130. The van der Waals surface area contributed by atoms with E-state index in [9.17, 15) is 13.2 Å². The van der Waals surface area contributed by atoms with E-state index in [-0.39, 0.29) is 22.1 Å². The number of carbonyl (C=O) groups excluding carboxylic acids is 1. The van der Waals surface area contributed by atoms with E-state index in [0.29, 0.717) is 17.5 Å². The molecule has 1 rings (SSSR count). The van der Waals surface area contributed by atoms with Gasteiger partial charge in [0, 0.05) is 7.05 Å². The second-order valence-corrected chi connectivity index (χ2v) is 9.76. The fourth-order valence-corrected chi connectivity index (χ4v) is 4.57. The maximum Gasteiger partial charge on any atom is 0.241 e. The highest BCUT2D eigenvalue weighted by Crippen LogP contribution is 2.29. The van der Waals surface area contributed by atoms with Crippen molar-refractivity contribution in [3.63, 3.8) is 0 Å². The monoisotopic (exact) mass is 368 g/mol. The lowest BCUT2D eigenvalue weighted by atomic mass is 9.85. The van der Waals surface area contributed by atoms with Gasteiger partial charge in [-0.05, 0) is 48.3 Å². The van der Waals surface area contributed by atoms with E-state index in [2.05, 4.69) is 30.8 Å². The van der Waals surface area contributed by atoms with E-state index in [1.54, 1.807) is 13.8 Å². The minimum atomic E-state index is -3.79. The quantitative estimate of drug-likeness (QED) is 0.810. The van der Waals surface area contributed by atoms with E-state index in [4.69, 9.17) is 0 Å². The van der Waals surface area contributed by atoms with Crippen molar-refractivity contribution in [2.24, 2.45) is 5.92 Å². The molecule has 0 spiro atoms. The zero-order chi connectivity index (χ0) is 19.6. The predicted octanol–water partition coefficient (Wildman–Crippen LogP) is 3.04. The molecule has 0 aliphatic rings. The molecule has 1 aromatic rings. The summed E-state index contributed by atoms with van der Waals surface area (Å²) < 4.78 is 28.5. The number of benzene rings is 1. The van der Waals surface area contributed by atoms with E-state index >= 15 is 0 Å². The molecule has 1 amide bonds. The van der Waals surface area contributed by atoms with Gasteiger partial charge in [-0.2, -0.15) is 4.72 Å². The van der Waals surface area contributed by atoms with E-state index in [0.717, 1.165) is 5.56 Å². The molecule has 0 aromatic heterocycles. The molecule has 1 aromatic carbocycles. The summed E-state index contributed by atoms with van der Waals surface area (Å²) in [5, 5.41) is 2.54. The van der Waals surface area contributed by atoms with Crippen molar-refractivity contribution < 1.29 is 13.2 Å². The lowest BCUT2D eigenvalue weighted by Crippen LogP contribution is -2.46. The molecular weight excluding hydrogens is 336 g/mol. The maximum absolute atomic E-state index is 13.0. The highest BCUT2D eigenvalue weighted by molar-refractivity contribution is 7.89. The molecule has 1 unspecified atom stereocenters. The topological polar surface area (TPSA) is 75.3 Å². The average molecular weight is 369 g/mol. The van der Waals surface area contributed by atoms with Gasteiger partial charge in [-0.3, -0.25) is 4.79 Å². The molecule has 1 atom stereocenters. The van der Waals surface area contributed by atoms with Crippen molar-refractivity contribution in [2.75, 3.05) is 7.05 Å². The summed E-state index contributed by atoms with van der Waals surface area (Å²) in [4.78, 5) is 12.3. The number of hydrogen-bond acceptors (Lipinski definition) is 3. The third-order valence-electron chi connectivity index (χ3n) is 4.16. The highest BCUT2D eigenvalue weighted by atomic mass is 32.2. The molecule has 5 nitrogen and oxygen atoms in total. The summed E-state index contributed by atoms with van der Waals surface area (Å²) in [6, 6.07) is 3.05. The second-order valence-electron chi connectivity index (χ2n) is 8.11. The van der Waals surface area contributed by atoms with E-state index in [1.807, 2.05) is 26.0 Å². The van der Waals surface area contributed by atoms with E-state index in [1.165, 1.54) is 7.05 Å². The van der Waals surface area contributed by atoms with Gasteiger partial charge in [0.2, 0.25) is 15.9 Å². The van der Waals surface area contributed by atoms with Crippen LogP contribution in [0.5, 0.6) is 0 Å². The lowest BCUT2D eigenvalue weighted by molar-refractivity contribution is -0.122. The van der Waals surface area contributed by atoms with Crippen LogP contribution in [0.25, 0.3) is 0 Å². The molecule has 25 heavy (non-hydrogen) atoms. The van der Waals surface area contributed by atoms with Crippen molar-refractivity contribution >= 4 is 15.9 Å². The van der Waals surface area contributed by atoms with Crippen LogP contribution in [0.2, 0.25) is 0 Å². The van der Waals surface area contributed by atoms with Crippen LogP contribution < -0.4 is 10.0 Å². The Balaban J connectivity index is 3.31. The molecule has 0 heterocycles. The number of rotatable bonds is 6. The Morgan fingerprint density at radius 3 is 1.96 bits per heavy atom. The first-order chi connectivity index (χ1) is 11.3. The van der Waals surface area contributed by atoms with Crippen LogP contribution in [0.15, 0.2) is 17.0 Å². The molecule has 0 saturated heterocycles. The van der Waals surface area contributed by atoms with Gasteiger partial charge in [-0.1, -0.05) is 46.8 Å². The Bertz CT molecular complexity index is 709. The maximum atomic E-state index is 13.0. The predicted molar refractivity (Wildman–Crippen MR) is 102 cm³/mol. The lowest BCUT2D eigenvalue weighted by Gasteiger charge is -2.24. The fraction of sp³-hybridized carbons (Fsp3) is 0.632. The summed E-state index contributed by atoms with van der Waals surface area (Å²) in [6.07, 6.45) is 0.442. The largest absolute Gasteiger partial charge is 0.358 e. The minimum Gasteiger partial charge on any atom is -0.358 e.